The molecule has 1 aliphatic rings. The van der Waals surface area contributed by atoms with E-state index in [1.165, 1.54) is 5.69 Å². The maximum atomic E-state index is 5.90. The number of nitrogens with zero attached hydrogens (tertiary/aromatic N) is 4. The smallest absolute Gasteiger partial charge is 0.137 e. The van der Waals surface area contributed by atoms with Gasteiger partial charge in [-0.3, -0.25) is 9.67 Å². The lowest BCUT2D eigenvalue weighted by Crippen LogP contribution is -2.45. The van der Waals surface area contributed by atoms with Crippen molar-refractivity contribution in [2.24, 2.45) is 7.05 Å². The molecule has 2 aromatic heterocycles. The number of aromatic nitrogens is 3. The molecule has 32 heavy (non-hydrogen) atoms. The van der Waals surface area contributed by atoms with Gasteiger partial charge in [-0.1, -0.05) is 24.3 Å². The van der Waals surface area contributed by atoms with E-state index in [-0.39, 0.29) is 12.2 Å². The van der Waals surface area contributed by atoms with E-state index < -0.39 is 0 Å². The third-order valence-electron chi connectivity index (χ3n) is 6.03. The van der Waals surface area contributed by atoms with E-state index in [1.807, 2.05) is 31.7 Å². The summed E-state index contributed by atoms with van der Waals surface area (Å²) in [6.07, 6.45) is 6.25. The molecule has 1 saturated heterocycles. The molecular weight excluding hydrogens is 400 g/mol. The lowest BCUT2D eigenvalue weighted by atomic mass is 9.99. The van der Waals surface area contributed by atoms with Gasteiger partial charge in [0.15, 0.2) is 0 Å². The average Bonchev–Trinajstić information content (AvgIpc) is 3.23. The Morgan fingerprint density at radius 3 is 2.34 bits per heavy atom. The highest BCUT2D eigenvalue weighted by Crippen LogP contribution is 2.39. The Kier molecular flexibility index (Phi) is 5.31. The summed E-state index contributed by atoms with van der Waals surface area (Å²) in [5.41, 5.74) is 6.28. The number of para-hydroxylation sites is 1. The fourth-order valence-electron chi connectivity index (χ4n) is 4.66. The van der Waals surface area contributed by atoms with Gasteiger partial charge in [-0.2, -0.15) is 5.10 Å². The molecule has 5 rings (SSSR count). The van der Waals surface area contributed by atoms with Gasteiger partial charge in [-0.05, 0) is 37.6 Å². The Labute approximate surface area is 188 Å². The quantitative estimate of drug-likeness (QED) is 0.462. The van der Waals surface area contributed by atoms with Crippen LogP contribution in [0.5, 0.6) is 5.75 Å². The summed E-state index contributed by atoms with van der Waals surface area (Å²) in [6.45, 7) is 6.06. The van der Waals surface area contributed by atoms with Crippen molar-refractivity contribution in [3.63, 3.8) is 0 Å². The number of morpholine rings is 1. The molecule has 6 heteroatoms. The number of anilines is 1. The Morgan fingerprint density at radius 2 is 1.69 bits per heavy atom. The first-order valence-corrected chi connectivity index (χ1v) is 11.0. The van der Waals surface area contributed by atoms with E-state index in [9.17, 15) is 0 Å². The number of aryl methyl sites for hydroxylation is 1. The molecule has 0 saturated carbocycles. The van der Waals surface area contributed by atoms with Crippen LogP contribution in [0.25, 0.3) is 33.2 Å². The van der Waals surface area contributed by atoms with Crippen molar-refractivity contribution < 1.29 is 9.47 Å². The predicted molar refractivity (Wildman–Crippen MR) is 128 cm³/mol. The molecule has 0 aliphatic carbocycles. The van der Waals surface area contributed by atoms with Crippen LogP contribution in [0.2, 0.25) is 0 Å². The van der Waals surface area contributed by atoms with Gasteiger partial charge in [-0.25, -0.2) is 0 Å². The Balaban J connectivity index is 1.53. The molecule has 6 nitrogen and oxygen atoms in total. The van der Waals surface area contributed by atoms with Gasteiger partial charge in [0.1, 0.15) is 5.75 Å². The Morgan fingerprint density at radius 1 is 0.938 bits per heavy atom. The second-order valence-electron chi connectivity index (χ2n) is 8.52. The molecule has 0 spiro atoms. The number of hydrogen-bond donors (Lipinski definition) is 0. The second-order valence-corrected chi connectivity index (χ2v) is 8.52. The van der Waals surface area contributed by atoms with Crippen molar-refractivity contribution >= 4 is 16.6 Å². The molecule has 1 fully saturated rings. The van der Waals surface area contributed by atoms with Crippen molar-refractivity contribution in [3.8, 4) is 28.0 Å². The first-order valence-electron chi connectivity index (χ1n) is 11.0. The van der Waals surface area contributed by atoms with E-state index in [1.54, 1.807) is 11.8 Å². The van der Waals surface area contributed by atoms with E-state index in [0.29, 0.717) is 0 Å². The minimum atomic E-state index is 0.234. The van der Waals surface area contributed by atoms with Gasteiger partial charge in [0.25, 0.3) is 0 Å². The number of fused-ring (bicyclic) bond motifs is 1. The van der Waals surface area contributed by atoms with E-state index >= 15 is 0 Å². The van der Waals surface area contributed by atoms with Gasteiger partial charge >= 0.3 is 0 Å². The molecule has 164 valence electrons. The molecular formula is C26H28N4O2. The largest absolute Gasteiger partial charge is 0.495 e. The van der Waals surface area contributed by atoms with Crippen LogP contribution in [-0.2, 0) is 11.8 Å². The highest BCUT2D eigenvalue weighted by molar-refractivity contribution is 6.00. The van der Waals surface area contributed by atoms with Crippen LogP contribution < -0.4 is 9.64 Å². The summed E-state index contributed by atoms with van der Waals surface area (Å²) < 4.78 is 13.6. The topological polar surface area (TPSA) is 52.4 Å². The highest BCUT2D eigenvalue weighted by Gasteiger charge is 2.22. The molecule has 1 aliphatic heterocycles. The number of methoxy groups -OCH3 is 1. The van der Waals surface area contributed by atoms with Crippen LogP contribution in [0.4, 0.5) is 5.69 Å². The summed E-state index contributed by atoms with van der Waals surface area (Å²) in [4.78, 5) is 7.23. The minimum absolute atomic E-state index is 0.234. The number of benzene rings is 2. The lowest BCUT2D eigenvalue weighted by molar-refractivity contribution is -0.00521. The number of pyridine rings is 1. The summed E-state index contributed by atoms with van der Waals surface area (Å²) in [6, 6.07) is 14.8. The second kappa shape index (κ2) is 8.28. The number of ether oxygens (including phenoxy) is 2. The van der Waals surface area contributed by atoms with Crippen LogP contribution in [0, 0.1) is 0 Å². The van der Waals surface area contributed by atoms with Crippen LogP contribution in [-0.4, -0.2) is 47.2 Å². The van der Waals surface area contributed by atoms with Gasteiger partial charge in [0, 0.05) is 60.3 Å². The van der Waals surface area contributed by atoms with E-state index in [2.05, 4.69) is 60.2 Å². The van der Waals surface area contributed by atoms with Crippen molar-refractivity contribution in [1.82, 2.24) is 14.8 Å². The monoisotopic (exact) mass is 428 g/mol. The molecule has 4 aromatic rings. The molecule has 2 aromatic carbocycles. The minimum Gasteiger partial charge on any atom is -0.495 e. The van der Waals surface area contributed by atoms with Gasteiger partial charge in [0.05, 0.1) is 31.0 Å². The first-order chi connectivity index (χ1) is 15.5. The summed E-state index contributed by atoms with van der Waals surface area (Å²) in [5.74, 6) is 0.835. The molecule has 3 heterocycles. The van der Waals surface area contributed by atoms with Crippen molar-refractivity contribution in [1.29, 1.82) is 0 Å². The predicted octanol–water partition coefficient (Wildman–Crippen LogP) is 4.92. The fraction of sp³-hybridized carbons (Fsp3) is 0.308. The third kappa shape index (κ3) is 3.71. The van der Waals surface area contributed by atoms with Crippen LogP contribution in [0.1, 0.15) is 13.8 Å². The SMILES string of the molecule is COc1c(-c2ccc(N3CC(C)O[C@@H](C)C3)cc2)cnc2c(-c3cnn(C)c3)cccc12. The zero-order chi connectivity index (χ0) is 22.2. The van der Waals surface area contributed by atoms with Crippen molar-refractivity contribution in [2.75, 3.05) is 25.1 Å². The highest BCUT2D eigenvalue weighted by atomic mass is 16.5. The first kappa shape index (κ1) is 20.5. The molecule has 0 radical (unpaired) electrons. The van der Waals surface area contributed by atoms with Gasteiger partial charge in [-0.15, -0.1) is 0 Å². The Hall–Kier alpha value is -3.38. The van der Waals surface area contributed by atoms with Crippen LogP contribution >= 0.6 is 0 Å². The fourth-order valence-corrected chi connectivity index (χ4v) is 4.66. The zero-order valence-electron chi connectivity index (χ0n) is 18.9. The summed E-state index contributed by atoms with van der Waals surface area (Å²) in [5, 5.41) is 5.30. The third-order valence-corrected chi connectivity index (χ3v) is 6.03. The molecule has 0 bridgehead atoms. The standard InChI is InChI=1S/C26H28N4O2/c1-17-14-30(15-18(2)32-17)21-10-8-19(9-11-21)24-13-27-25-22(20-12-28-29(3)16-20)6-5-7-23(25)26(24)31-4/h5-13,16-18H,14-15H2,1-4H3/t17-,18?/m0/s1. The molecule has 0 amide bonds. The lowest BCUT2D eigenvalue weighted by Gasteiger charge is -2.36. The number of hydrogen-bond acceptors (Lipinski definition) is 5. The summed E-state index contributed by atoms with van der Waals surface area (Å²) >= 11 is 0. The average molecular weight is 429 g/mol. The Bertz CT molecular complexity index is 1240. The molecule has 0 N–H and O–H groups in total. The van der Waals surface area contributed by atoms with E-state index in [0.717, 1.165) is 52.0 Å². The molecule has 2 atom stereocenters. The summed E-state index contributed by atoms with van der Waals surface area (Å²) in [7, 11) is 3.64. The van der Waals surface area contributed by atoms with E-state index in [4.69, 9.17) is 14.5 Å². The van der Waals surface area contributed by atoms with Crippen LogP contribution in [0.15, 0.2) is 61.1 Å². The van der Waals surface area contributed by atoms with Gasteiger partial charge < -0.3 is 14.4 Å². The number of rotatable bonds is 4. The van der Waals surface area contributed by atoms with Crippen molar-refractivity contribution in [3.05, 3.63) is 61.1 Å². The van der Waals surface area contributed by atoms with Gasteiger partial charge in [0.2, 0.25) is 0 Å². The van der Waals surface area contributed by atoms with Crippen LogP contribution in [0.3, 0.4) is 0 Å². The zero-order valence-corrected chi connectivity index (χ0v) is 18.9. The van der Waals surface area contributed by atoms with Crippen molar-refractivity contribution in [2.45, 2.75) is 26.1 Å². The normalized spacial score (nSPS) is 18.8. The molecule has 1 unspecified atom stereocenters. The maximum absolute atomic E-state index is 5.90. The maximum Gasteiger partial charge on any atom is 0.137 e.